The zero-order chi connectivity index (χ0) is 14.1. The van der Waals surface area contributed by atoms with Gasteiger partial charge in [0.2, 0.25) is 0 Å². The van der Waals surface area contributed by atoms with Crippen molar-refractivity contribution in [2.75, 3.05) is 13.1 Å². The highest BCUT2D eigenvalue weighted by atomic mass is 15.2. The van der Waals surface area contributed by atoms with E-state index in [1.54, 1.807) is 0 Å². The lowest BCUT2D eigenvalue weighted by Gasteiger charge is -2.31. The SMILES string of the molecule is CC(CCCN(C(C)C)C(C)C)C(N)CCCN. The van der Waals surface area contributed by atoms with Gasteiger partial charge in [-0.1, -0.05) is 6.92 Å². The Labute approximate surface area is 114 Å². The van der Waals surface area contributed by atoms with E-state index in [1.807, 2.05) is 0 Å². The molecule has 18 heavy (non-hydrogen) atoms. The van der Waals surface area contributed by atoms with Crippen LogP contribution in [0.4, 0.5) is 0 Å². The minimum absolute atomic E-state index is 0.320. The molecule has 3 heteroatoms. The molecule has 0 amide bonds. The zero-order valence-corrected chi connectivity index (χ0v) is 13.2. The van der Waals surface area contributed by atoms with Gasteiger partial charge in [-0.05, 0) is 72.4 Å². The van der Waals surface area contributed by atoms with Crippen LogP contribution in [0.5, 0.6) is 0 Å². The lowest BCUT2D eigenvalue weighted by atomic mass is 9.93. The van der Waals surface area contributed by atoms with Gasteiger partial charge in [-0.2, -0.15) is 0 Å². The molecular weight excluding hydrogens is 222 g/mol. The van der Waals surface area contributed by atoms with Crippen molar-refractivity contribution in [3.63, 3.8) is 0 Å². The van der Waals surface area contributed by atoms with Crippen LogP contribution in [0.2, 0.25) is 0 Å². The van der Waals surface area contributed by atoms with Crippen LogP contribution in [0.15, 0.2) is 0 Å². The average molecular weight is 257 g/mol. The first-order chi connectivity index (χ1) is 8.40. The van der Waals surface area contributed by atoms with Gasteiger partial charge in [-0.25, -0.2) is 0 Å². The van der Waals surface area contributed by atoms with Crippen LogP contribution in [0, 0.1) is 5.92 Å². The largest absolute Gasteiger partial charge is 0.330 e. The summed E-state index contributed by atoms with van der Waals surface area (Å²) >= 11 is 0. The Kier molecular flexibility index (Phi) is 9.70. The molecule has 0 fully saturated rings. The molecule has 0 rings (SSSR count). The van der Waals surface area contributed by atoms with Crippen molar-refractivity contribution in [1.82, 2.24) is 4.90 Å². The molecular formula is C15H35N3. The third-order valence-electron chi connectivity index (χ3n) is 3.87. The van der Waals surface area contributed by atoms with Gasteiger partial charge in [0.05, 0.1) is 0 Å². The predicted molar refractivity (Wildman–Crippen MR) is 81.6 cm³/mol. The molecule has 0 aromatic heterocycles. The Bertz CT molecular complexity index is 184. The summed E-state index contributed by atoms with van der Waals surface area (Å²) in [6, 6.07) is 1.58. The molecule has 4 N–H and O–H groups in total. The van der Waals surface area contributed by atoms with Crippen LogP contribution < -0.4 is 11.5 Å². The molecule has 0 aromatic carbocycles. The van der Waals surface area contributed by atoms with Gasteiger partial charge in [0.1, 0.15) is 0 Å². The number of hydrogen-bond donors (Lipinski definition) is 2. The molecule has 0 aliphatic carbocycles. The van der Waals surface area contributed by atoms with E-state index in [0.29, 0.717) is 24.0 Å². The molecule has 110 valence electrons. The maximum absolute atomic E-state index is 6.17. The normalized spacial score (nSPS) is 15.7. The second kappa shape index (κ2) is 9.76. The van der Waals surface area contributed by atoms with Gasteiger partial charge < -0.3 is 11.5 Å². The molecule has 0 radical (unpaired) electrons. The van der Waals surface area contributed by atoms with Crippen LogP contribution in [0.3, 0.4) is 0 Å². The first-order valence-electron chi connectivity index (χ1n) is 7.61. The third kappa shape index (κ3) is 7.34. The molecule has 0 aromatic rings. The molecule has 0 bridgehead atoms. The summed E-state index contributed by atoms with van der Waals surface area (Å²) in [7, 11) is 0. The van der Waals surface area contributed by atoms with E-state index in [1.165, 1.54) is 19.4 Å². The molecule has 0 aliphatic rings. The van der Waals surface area contributed by atoms with Crippen LogP contribution in [0.1, 0.15) is 60.3 Å². The Hall–Kier alpha value is -0.120. The van der Waals surface area contributed by atoms with E-state index in [2.05, 4.69) is 39.5 Å². The van der Waals surface area contributed by atoms with Crippen LogP contribution in [-0.2, 0) is 0 Å². The van der Waals surface area contributed by atoms with Gasteiger partial charge in [-0.3, -0.25) is 4.90 Å². The van der Waals surface area contributed by atoms with Crippen molar-refractivity contribution < 1.29 is 0 Å². The van der Waals surface area contributed by atoms with Crippen molar-refractivity contribution in [1.29, 1.82) is 0 Å². The van der Waals surface area contributed by atoms with Crippen LogP contribution in [-0.4, -0.2) is 36.1 Å². The Morgan fingerprint density at radius 1 is 0.889 bits per heavy atom. The van der Waals surface area contributed by atoms with Crippen molar-refractivity contribution in [3.05, 3.63) is 0 Å². The maximum Gasteiger partial charge on any atom is 0.00650 e. The number of hydrogen-bond acceptors (Lipinski definition) is 3. The molecule has 0 aliphatic heterocycles. The summed E-state index contributed by atoms with van der Waals surface area (Å²) in [4.78, 5) is 2.55. The van der Waals surface area contributed by atoms with Crippen molar-refractivity contribution in [2.45, 2.75) is 78.4 Å². The summed E-state index contributed by atoms with van der Waals surface area (Å²) in [5.74, 6) is 0.609. The summed E-state index contributed by atoms with van der Waals surface area (Å²) in [5.41, 5.74) is 11.7. The summed E-state index contributed by atoms with van der Waals surface area (Å²) in [5, 5.41) is 0. The number of rotatable bonds is 10. The van der Waals surface area contributed by atoms with E-state index in [0.717, 1.165) is 19.4 Å². The number of nitrogens with zero attached hydrogens (tertiary/aromatic N) is 1. The third-order valence-corrected chi connectivity index (χ3v) is 3.87. The maximum atomic E-state index is 6.17. The summed E-state index contributed by atoms with van der Waals surface area (Å²) < 4.78 is 0. The zero-order valence-electron chi connectivity index (χ0n) is 13.2. The molecule has 0 saturated heterocycles. The van der Waals surface area contributed by atoms with E-state index in [-0.39, 0.29) is 0 Å². The molecule has 0 spiro atoms. The molecule has 0 saturated carbocycles. The monoisotopic (exact) mass is 257 g/mol. The second-order valence-electron chi connectivity index (χ2n) is 6.14. The molecule has 0 heterocycles. The number of nitrogens with two attached hydrogens (primary N) is 2. The van der Waals surface area contributed by atoms with Gasteiger partial charge >= 0.3 is 0 Å². The van der Waals surface area contributed by atoms with Crippen molar-refractivity contribution in [3.8, 4) is 0 Å². The molecule has 3 nitrogen and oxygen atoms in total. The Morgan fingerprint density at radius 3 is 1.89 bits per heavy atom. The standard InChI is InChI=1S/C15H35N3/c1-12(2)18(13(3)4)11-7-8-14(5)15(17)9-6-10-16/h12-15H,6-11,16-17H2,1-5H3. The van der Waals surface area contributed by atoms with Gasteiger partial charge in [0.15, 0.2) is 0 Å². The Balaban J connectivity index is 3.87. The van der Waals surface area contributed by atoms with Crippen LogP contribution in [0.25, 0.3) is 0 Å². The van der Waals surface area contributed by atoms with E-state index >= 15 is 0 Å². The summed E-state index contributed by atoms with van der Waals surface area (Å²) in [6.07, 6.45) is 4.58. The first kappa shape index (κ1) is 17.9. The fourth-order valence-corrected chi connectivity index (χ4v) is 2.56. The highest BCUT2D eigenvalue weighted by Crippen LogP contribution is 2.15. The first-order valence-corrected chi connectivity index (χ1v) is 7.61. The predicted octanol–water partition coefficient (Wildman–Crippen LogP) is 2.59. The lowest BCUT2D eigenvalue weighted by Crippen LogP contribution is -2.38. The topological polar surface area (TPSA) is 55.3 Å². The van der Waals surface area contributed by atoms with Crippen LogP contribution >= 0.6 is 0 Å². The van der Waals surface area contributed by atoms with E-state index in [4.69, 9.17) is 11.5 Å². The highest BCUT2D eigenvalue weighted by molar-refractivity contribution is 4.72. The minimum atomic E-state index is 0.320. The quantitative estimate of drug-likeness (QED) is 0.632. The minimum Gasteiger partial charge on any atom is -0.330 e. The molecule has 2 unspecified atom stereocenters. The van der Waals surface area contributed by atoms with Gasteiger partial charge in [0, 0.05) is 18.1 Å². The second-order valence-corrected chi connectivity index (χ2v) is 6.14. The fourth-order valence-electron chi connectivity index (χ4n) is 2.56. The average Bonchev–Trinajstić information content (AvgIpc) is 2.30. The Morgan fingerprint density at radius 2 is 1.44 bits per heavy atom. The lowest BCUT2D eigenvalue weighted by molar-refractivity contribution is 0.167. The van der Waals surface area contributed by atoms with E-state index in [9.17, 15) is 0 Å². The highest BCUT2D eigenvalue weighted by Gasteiger charge is 2.15. The van der Waals surface area contributed by atoms with Gasteiger partial charge in [0.25, 0.3) is 0 Å². The smallest absolute Gasteiger partial charge is 0.00650 e. The molecule has 2 atom stereocenters. The fraction of sp³-hybridized carbons (Fsp3) is 1.00. The van der Waals surface area contributed by atoms with Crippen molar-refractivity contribution in [2.24, 2.45) is 17.4 Å². The van der Waals surface area contributed by atoms with Crippen molar-refractivity contribution >= 4 is 0 Å². The summed E-state index contributed by atoms with van der Waals surface area (Å²) in [6.45, 7) is 13.3. The van der Waals surface area contributed by atoms with Gasteiger partial charge in [-0.15, -0.1) is 0 Å². The van der Waals surface area contributed by atoms with E-state index < -0.39 is 0 Å².